The number of hydrogen-bond donors (Lipinski definition) is 0. The van der Waals surface area contributed by atoms with Gasteiger partial charge in [-0.15, -0.1) is 11.3 Å². The Hall–Kier alpha value is -2.32. The summed E-state index contributed by atoms with van der Waals surface area (Å²) >= 11 is 4.84. The molecule has 0 bridgehead atoms. The molecular formula is C19H16BrN3O3S. The predicted molar refractivity (Wildman–Crippen MR) is 108 cm³/mol. The second-order valence-corrected chi connectivity index (χ2v) is 8.45. The van der Waals surface area contributed by atoms with Crippen molar-refractivity contribution >= 4 is 49.1 Å². The standard InChI is InChI=1S/C19H16BrN3O3S/c20-14-8-7-12(10-16(14)23(25)26)19(24)22-9-3-4-13(11-22)18-21-15-5-1-2-6-17(15)27-18/h1-2,5-8,10,13H,3-4,9,11H2/t13-/m1/s1. The molecule has 8 heteroatoms. The Labute approximate surface area is 168 Å². The third kappa shape index (κ3) is 3.59. The van der Waals surface area contributed by atoms with Gasteiger partial charge in [-0.2, -0.15) is 0 Å². The molecule has 0 aliphatic carbocycles. The number of carbonyl (C=O) groups excluding carboxylic acids is 1. The predicted octanol–water partition coefficient (Wildman–Crippen LogP) is 4.99. The van der Waals surface area contributed by atoms with Crippen LogP contribution in [0.1, 0.15) is 34.1 Å². The van der Waals surface area contributed by atoms with Gasteiger partial charge in [0.2, 0.25) is 0 Å². The highest BCUT2D eigenvalue weighted by Gasteiger charge is 2.28. The van der Waals surface area contributed by atoms with Crippen molar-refractivity contribution in [2.24, 2.45) is 0 Å². The third-order valence-corrected chi connectivity index (χ3v) is 6.63. The average molecular weight is 446 g/mol. The van der Waals surface area contributed by atoms with Gasteiger partial charge in [0.15, 0.2) is 0 Å². The van der Waals surface area contributed by atoms with Crippen molar-refractivity contribution < 1.29 is 9.72 Å². The van der Waals surface area contributed by atoms with Gasteiger partial charge in [0.05, 0.1) is 24.6 Å². The average Bonchev–Trinajstić information content (AvgIpc) is 3.12. The maximum absolute atomic E-state index is 12.9. The number of aromatic nitrogens is 1. The minimum atomic E-state index is -0.485. The molecule has 1 aliphatic heterocycles. The number of carbonyl (C=O) groups is 1. The summed E-state index contributed by atoms with van der Waals surface area (Å²) in [5, 5.41) is 12.2. The fraction of sp³-hybridized carbons (Fsp3) is 0.263. The molecule has 1 aromatic heterocycles. The number of nitrogens with zero attached hydrogens (tertiary/aromatic N) is 3. The molecule has 0 saturated carbocycles. The third-order valence-electron chi connectivity index (χ3n) is 4.76. The molecule has 2 heterocycles. The van der Waals surface area contributed by atoms with Gasteiger partial charge in [0, 0.05) is 30.6 Å². The number of hydrogen-bond acceptors (Lipinski definition) is 5. The van der Waals surface area contributed by atoms with Gasteiger partial charge in [-0.3, -0.25) is 14.9 Å². The summed E-state index contributed by atoms with van der Waals surface area (Å²) < 4.78 is 1.52. The number of rotatable bonds is 3. The lowest BCUT2D eigenvalue weighted by Crippen LogP contribution is -2.39. The molecular weight excluding hydrogens is 430 g/mol. The van der Waals surface area contributed by atoms with E-state index in [9.17, 15) is 14.9 Å². The van der Waals surface area contributed by atoms with Crippen molar-refractivity contribution in [2.45, 2.75) is 18.8 Å². The Bertz CT molecular complexity index is 1000. The summed E-state index contributed by atoms with van der Waals surface area (Å²) in [4.78, 5) is 30.1. The maximum atomic E-state index is 12.9. The van der Waals surface area contributed by atoms with E-state index >= 15 is 0 Å². The highest BCUT2D eigenvalue weighted by molar-refractivity contribution is 9.10. The van der Waals surface area contributed by atoms with Gasteiger partial charge in [0.25, 0.3) is 11.6 Å². The smallest absolute Gasteiger partial charge is 0.284 e. The number of likely N-dealkylation sites (tertiary alicyclic amines) is 1. The summed E-state index contributed by atoms with van der Waals surface area (Å²) in [6.07, 6.45) is 1.88. The number of amides is 1. The molecule has 4 rings (SSSR count). The molecule has 1 atom stereocenters. The molecule has 27 heavy (non-hydrogen) atoms. The second kappa shape index (κ2) is 7.36. The highest BCUT2D eigenvalue weighted by atomic mass is 79.9. The molecule has 1 aliphatic rings. The van der Waals surface area contributed by atoms with E-state index in [1.54, 1.807) is 28.4 Å². The van der Waals surface area contributed by atoms with Gasteiger partial charge >= 0.3 is 0 Å². The molecule has 0 unspecified atom stereocenters. The monoisotopic (exact) mass is 445 g/mol. The van der Waals surface area contributed by atoms with Crippen molar-refractivity contribution in [3.63, 3.8) is 0 Å². The van der Waals surface area contributed by atoms with Crippen LogP contribution in [0.4, 0.5) is 5.69 Å². The first-order valence-electron chi connectivity index (χ1n) is 8.61. The van der Waals surface area contributed by atoms with Crippen LogP contribution in [-0.4, -0.2) is 33.8 Å². The molecule has 1 saturated heterocycles. The van der Waals surface area contributed by atoms with E-state index in [1.165, 1.54) is 6.07 Å². The summed E-state index contributed by atoms with van der Waals surface area (Å²) in [5.74, 6) is 0.0296. The molecule has 2 aromatic carbocycles. The van der Waals surface area contributed by atoms with Gasteiger partial charge in [-0.1, -0.05) is 12.1 Å². The maximum Gasteiger partial charge on any atom is 0.284 e. The number of halogens is 1. The Kier molecular flexibility index (Phi) is 4.92. The van der Waals surface area contributed by atoms with Crippen molar-refractivity contribution in [3.8, 4) is 0 Å². The largest absolute Gasteiger partial charge is 0.338 e. The van der Waals surface area contributed by atoms with Gasteiger partial charge in [-0.25, -0.2) is 4.98 Å². The zero-order valence-corrected chi connectivity index (χ0v) is 16.7. The zero-order valence-electron chi connectivity index (χ0n) is 14.3. The van der Waals surface area contributed by atoms with E-state index in [2.05, 4.69) is 22.0 Å². The summed E-state index contributed by atoms with van der Waals surface area (Å²) in [7, 11) is 0. The topological polar surface area (TPSA) is 76.3 Å². The number of benzene rings is 2. The van der Waals surface area contributed by atoms with Gasteiger partial charge in [0.1, 0.15) is 0 Å². The molecule has 0 spiro atoms. The molecule has 1 fully saturated rings. The van der Waals surface area contributed by atoms with Crippen LogP contribution >= 0.6 is 27.3 Å². The quantitative estimate of drug-likeness (QED) is 0.420. The summed E-state index contributed by atoms with van der Waals surface area (Å²) in [6, 6.07) is 12.6. The number of piperidine rings is 1. The number of thiazole rings is 1. The van der Waals surface area contributed by atoms with Crippen molar-refractivity contribution in [1.29, 1.82) is 0 Å². The Balaban J connectivity index is 1.56. The van der Waals surface area contributed by atoms with E-state index in [4.69, 9.17) is 4.98 Å². The zero-order chi connectivity index (χ0) is 19.0. The summed E-state index contributed by atoms with van der Waals surface area (Å²) in [5.41, 5.74) is 1.24. The SMILES string of the molecule is O=C(c1ccc(Br)c([N+](=O)[O-])c1)N1CCC[C@@H](c2nc3ccccc3s2)C1. The van der Waals surface area contributed by atoms with E-state index in [0.717, 1.165) is 28.1 Å². The first kappa shape index (κ1) is 18.1. The van der Waals surface area contributed by atoms with E-state index in [1.807, 2.05) is 18.2 Å². The Morgan fingerprint density at radius 3 is 2.89 bits per heavy atom. The number of nitro benzene ring substituents is 1. The Morgan fingerprint density at radius 1 is 1.30 bits per heavy atom. The van der Waals surface area contributed by atoms with Crippen molar-refractivity contribution in [3.05, 3.63) is 67.6 Å². The number of para-hydroxylation sites is 1. The molecule has 6 nitrogen and oxygen atoms in total. The molecule has 0 radical (unpaired) electrons. The fourth-order valence-corrected chi connectivity index (χ4v) is 4.88. The number of fused-ring (bicyclic) bond motifs is 1. The van der Waals surface area contributed by atoms with Crippen molar-refractivity contribution in [1.82, 2.24) is 9.88 Å². The number of nitro groups is 1. The van der Waals surface area contributed by atoms with Crippen LogP contribution in [0.3, 0.4) is 0 Å². The van der Waals surface area contributed by atoms with Crippen LogP contribution in [0.2, 0.25) is 0 Å². The van der Waals surface area contributed by atoms with Gasteiger partial charge < -0.3 is 4.90 Å². The van der Waals surface area contributed by atoms with Crippen LogP contribution in [0.15, 0.2) is 46.9 Å². The van der Waals surface area contributed by atoms with Gasteiger partial charge in [-0.05, 0) is 53.0 Å². The minimum Gasteiger partial charge on any atom is -0.338 e. The highest BCUT2D eigenvalue weighted by Crippen LogP contribution is 2.34. The van der Waals surface area contributed by atoms with Crippen LogP contribution in [-0.2, 0) is 0 Å². The van der Waals surface area contributed by atoms with Crippen molar-refractivity contribution in [2.75, 3.05) is 13.1 Å². The molecule has 3 aromatic rings. The van der Waals surface area contributed by atoms with Crippen LogP contribution in [0, 0.1) is 10.1 Å². The molecule has 1 amide bonds. The minimum absolute atomic E-state index is 0.0967. The Morgan fingerprint density at radius 2 is 2.11 bits per heavy atom. The lowest BCUT2D eigenvalue weighted by Gasteiger charge is -2.31. The van der Waals surface area contributed by atoms with E-state index in [-0.39, 0.29) is 17.5 Å². The van der Waals surface area contributed by atoms with Crippen LogP contribution in [0.5, 0.6) is 0 Å². The molecule has 0 N–H and O–H groups in total. The molecule has 138 valence electrons. The van der Waals surface area contributed by atoms with Crippen LogP contribution < -0.4 is 0 Å². The summed E-state index contributed by atoms with van der Waals surface area (Å²) in [6.45, 7) is 1.24. The van der Waals surface area contributed by atoms with E-state index in [0.29, 0.717) is 23.1 Å². The first-order chi connectivity index (χ1) is 13.0. The normalized spacial score (nSPS) is 17.2. The lowest BCUT2D eigenvalue weighted by molar-refractivity contribution is -0.385. The second-order valence-electron chi connectivity index (χ2n) is 6.53. The lowest BCUT2D eigenvalue weighted by atomic mass is 9.98. The van der Waals surface area contributed by atoms with Crippen LogP contribution in [0.25, 0.3) is 10.2 Å². The first-order valence-corrected chi connectivity index (χ1v) is 10.2. The fourth-order valence-electron chi connectivity index (χ4n) is 3.40. The van der Waals surface area contributed by atoms with E-state index < -0.39 is 4.92 Å².